The monoisotopic (exact) mass is 440 g/mol. The van der Waals surface area contributed by atoms with Crippen molar-refractivity contribution in [2.45, 2.75) is 117 Å². The molecular formula is C19H35Cl3OSi2. The van der Waals surface area contributed by atoms with Gasteiger partial charge < -0.3 is 4.43 Å². The summed E-state index contributed by atoms with van der Waals surface area (Å²) in [6.07, 6.45) is 15.3. The smallest absolute Gasteiger partial charge is 0.217 e. The van der Waals surface area contributed by atoms with E-state index in [1.54, 1.807) is 0 Å². The van der Waals surface area contributed by atoms with E-state index in [4.69, 9.17) is 39.2 Å². The molecule has 3 rings (SSSR count). The molecule has 1 heterocycles. The summed E-state index contributed by atoms with van der Waals surface area (Å²) < 4.78 is 5.63. The average molecular weight is 442 g/mol. The van der Waals surface area contributed by atoms with Crippen molar-refractivity contribution in [2.24, 2.45) is 0 Å². The Hall–Kier alpha value is 1.26. The number of rotatable bonds is 2. The second-order valence-electron chi connectivity index (χ2n) is 9.55. The van der Waals surface area contributed by atoms with Crippen LogP contribution in [0.3, 0.4) is 0 Å². The summed E-state index contributed by atoms with van der Waals surface area (Å²) >= 11 is 19.2. The molecule has 1 saturated heterocycles. The molecule has 1 aliphatic heterocycles. The molecule has 3 aliphatic rings. The highest BCUT2D eigenvalue weighted by Gasteiger charge is 2.65. The first-order valence-corrected chi connectivity index (χ1v) is 17.8. The molecule has 1 nitrogen and oxygen atoms in total. The third kappa shape index (κ3) is 3.76. The predicted octanol–water partition coefficient (Wildman–Crippen LogP) is 7.94. The van der Waals surface area contributed by atoms with Gasteiger partial charge in [0.15, 0.2) is 7.83 Å². The molecule has 0 spiro atoms. The summed E-state index contributed by atoms with van der Waals surface area (Å²) in [6.45, 7) is 7.04. The van der Waals surface area contributed by atoms with E-state index in [1.165, 1.54) is 70.3 Å². The molecule has 2 aliphatic carbocycles. The summed E-state index contributed by atoms with van der Waals surface area (Å²) in [4.78, 5) is 0. The van der Waals surface area contributed by atoms with Crippen LogP contribution in [-0.4, -0.2) is 24.8 Å². The molecule has 0 amide bonds. The second-order valence-corrected chi connectivity index (χ2v) is 25.7. The fourth-order valence-electron chi connectivity index (χ4n) is 6.62. The Labute approximate surface area is 171 Å². The molecule has 0 aromatic heterocycles. The fourth-order valence-corrected chi connectivity index (χ4v) is 27.7. The van der Waals surface area contributed by atoms with Crippen LogP contribution in [0.5, 0.6) is 0 Å². The summed E-state index contributed by atoms with van der Waals surface area (Å²) in [6, 6.07) is 1.34. The van der Waals surface area contributed by atoms with Crippen LogP contribution in [0.2, 0.25) is 30.2 Å². The molecule has 146 valence electrons. The van der Waals surface area contributed by atoms with E-state index in [0.717, 1.165) is 17.5 Å². The molecule has 0 bridgehead atoms. The van der Waals surface area contributed by atoms with Crippen molar-refractivity contribution in [3.05, 3.63) is 0 Å². The number of halogens is 3. The van der Waals surface area contributed by atoms with Crippen molar-refractivity contribution in [3.63, 3.8) is 0 Å². The molecule has 3 fully saturated rings. The van der Waals surface area contributed by atoms with Gasteiger partial charge in [-0.3, -0.25) is 0 Å². The number of hydrogen-bond donors (Lipinski definition) is 0. The van der Waals surface area contributed by atoms with E-state index >= 15 is 0 Å². The van der Waals surface area contributed by atoms with Crippen molar-refractivity contribution in [1.82, 2.24) is 0 Å². The summed E-state index contributed by atoms with van der Waals surface area (Å²) in [5.74, 6) is 0. The van der Waals surface area contributed by atoms with Gasteiger partial charge in [0.05, 0.1) is 13.2 Å². The number of hydrogen-bond acceptors (Lipinski definition) is 1. The van der Waals surface area contributed by atoms with Crippen LogP contribution in [-0.2, 0) is 4.43 Å². The maximum absolute atomic E-state index is 6.95. The molecule has 25 heavy (non-hydrogen) atoms. The first-order chi connectivity index (χ1) is 11.6. The first kappa shape index (κ1) is 21.0. The lowest BCUT2D eigenvalue weighted by atomic mass is 9.99. The van der Waals surface area contributed by atoms with E-state index in [9.17, 15) is 0 Å². The zero-order chi connectivity index (χ0) is 18.3. The topological polar surface area (TPSA) is 9.23 Å². The lowest BCUT2D eigenvalue weighted by Gasteiger charge is -2.61. The Bertz CT molecular complexity index is 450. The highest BCUT2D eigenvalue weighted by molar-refractivity contribution is 7.40. The normalized spacial score (nSPS) is 34.8. The van der Waals surface area contributed by atoms with Crippen molar-refractivity contribution < 1.29 is 4.43 Å². The Kier molecular flexibility index (Phi) is 6.37. The van der Waals surface area contributed by atoms with Crippen LogP contribution >= 0.6 is 34.8 Å². The van der Waals surface area contributed by atoms with Crippen molar-refractivity contribution in [3.8, 4) is 0 Å². The highest BCUT2D eigenvalue weighted by Crippen LogP contribution is 2.60. The van der Waals surface area contributed by atoms with Crippen LogP contribution < -0.4 is 0 Å². The van der Waals surface area contributed by atoms with Gasteiger partial charge in [-0.1, -0.05) is 105 Å². The minimum atomic E-state index is -1.90. The lowest BCUT2D eigenvalue weighted by molar-refractivity contribution is 0.0748. The Balaban J connectivity index is 1.96. The second kappa shape index (κ2) is 7.59. The Morgan fingerprint density at radius 2 is 1.28 bits per heavy atom. The van der Waals surface area contributed by atoms with Crippen LogP contribution in [0, 0.1) is 0 Å². The largest absolute Gasteiger partial charge is 0.410 e. The van der Waals surface area contributed by atoms with Crippen molar-refractivity contribution in [2.75, 3.05) is 0 Å². The Morgan fingerprint density at radius 3 is 1.64 bits per heavy atom. The van der Waals surface area contributed by atoms with Gasteiger partial charge >= 0.3 is 0 Å². The highest BCUT2D eigenvalue weighted by atomic mass is 35.6. The van der Waals surface area contributed by atoms with E-state index in [1.807, 2.05) is 0 Å². The van der Waals surface area contributed by atoms with Gasteiger partial charge in [0.2, 0.25) is 3.79 Å². The zero-order valence-electron chi connectivity index (χ0n) is 16.2. The molecule has 6 heteroatoms. The third-order valence-electron chi connectivity index (χ3n) is 7.88. The van der Waals surface area contributed by atoms with E-state index in [0.29, 0.717) is 0 Å². The Morgan fingerprint density at radius 1 is 0.840 bits per heavy atom. The summed E-state index contributed by atoms with van der Waals surface area (Å²) in [5.41, 5.74) is 1.32. The number of alkyl halides is 3. The lowest BCUT2D eigenvalue weighted by Crippen LogP contribution is -2.73. The summed E-state index contributed by atoms with van der Waals surface area (Å²) in [7, 11) is -3.44. The van der Waals surface area contributed by atoms with Gasteiger partial charge in [0.1, 0.15) is 0 Å². The first-order valence-electron chi connectivity index (χ1n) is 10.4. The minimum absolute atomic E-state index is 0.604. The molecular weight excluding hydrogens is 407 g/mol. The van der Waals surface area contributed by atoms with E-state index in [2.05, 4.69) is 20.0 Å². The van der Waals surface area contributed by atoms with Crippen LogP contribution in [0.25, 0.3) is 0 Å². The third-order valence-corrected chi connectivity index (χ3v) is 27.7. The molecule has 0 radical (unpaired) electrons. The molecule has 0 aromatic rings. The average Bonchev–Trinajstić information content (AvgIpc) is 2.55. The van der Waals surface area contributed by atoms with Gasteiger partial charge in [-0.2, -0.15) is 0 Å². The van der Waals surface area contributed by atoms with Crippen LogP contribution in [0.1, 0.15) is 77.6 Å². The maximum atomic E-state index is 6.95. The minimum Gasteiger partial charge on any atom is -0.410 e. The molecule has 1 unspecified atom stereocenters. The quantitative estimate of drug-likeness (QED) is 0.312. The maximum Gasteiger partial charge on any atom is 0.217 e. The molecule has 0 N–H and O–H groups in total. The zero-order valence-corrected chi connectivity index (χ0v) is 20.4. The summed E-state index contributed by atoms with van der Waals surface area (Å²) in [5, 5.41) is 0. The van der Waals surface area contributed by atoms with Gasteiger partial charge in [-0.05, 0) is 37.5 Å². The van der Waals surface area contributed by atoms with Gasteiger partial charge in [-0.15, -0.1) is 0 Å². The van der Waals surface area contributed by atoms with Crippen molar-refractivity contribution in [1.29, 1.82) is 0 Å². The van der Waals surface area contributed by atoms with Crippen LogP contribution in [0.4, 0.5) is 0 Å². The molecule has 2 saturated carbocycles. The molecule has 1 atom stereocenters. The SMILES string of the molecule is CC1(C(Cl)(Cl)Cl)CC[Si](C2CCCCC2)(C2CCCCC2)[Si](C)(C)O1. The fraction of sp³-hybridized carbons (Fsp3) is 1.00. The molecule has 0 aromatic carbocycles. The van der Waals surface area contributed by atoms with Gasteiger partial charge in [0, 0.05) is 0 Å². The van der Waals surface area contributed by atoms with Gasteiger partial charge in [-0.25, -0.2) is 0 Å². The van der Waals surface area contributed by atoms with E-state index in [-0.39, 0.29) is 0 Å². The van der Waals surface area contributed by atoms with Crippen LogP contribution in [0.15, 0.2) is 0 Å². The van der Waals surface area contributed by atoms with Crippen molar-refractivity contribution >= 4 is 50.2 Å². The van der Waals surface area contributed by atoms with E-state index < -0.39 is 24.8 Å². The predicted molar refractivity (Wildman–Crippen MR) is 116 cm³/mol. The standard InChI is InChI=1S/C19H35Cl3OSi2/c1-18(19(20,21)22)14-15-25(24(2,3)23-18,16-10-6-4-7-11-16)17-12-8-5-9-13-17/h16-17H,4-15H2,1-3H3. The van der Waals surface area contributed by atoms with Gasteiger partial charge in [0.25, 0.3) is 0 Å².